The van der Waals surface area contributed by atoms with Crippen LogP contribution in [-0.4, -0.2) is 58.1 Å². The average Bonchev–Trinajstić information content (AvgIpc) is 3.70. The number of carbonyl (C=O) groups is 3. The number of nitrogens with one attached hydrogen (secondary N) is 3. The molecule has 0 radical (unpaired) electrons. The van der Waals surface area contributed by atoms with Crippen LogP contribution in [0.5, 0.6) is 0 Å². The fourth-order valence-electron chi connectivity index (χ4n) is 5.07. The van der Waals surface area contributed by atoms with E-state index in [-0.39, 0.29) is 41.6 Å². The van der Waals surface area contributed by atoms with Crippen LogP contribution in [0.25, 0.3) is 0 Å². The number of carbonyl (C=O) groups excluding carboxylic acids is 3. The van der Waals surface area contributed by atoms with E-state index in [1.165, 1.54) is 12.3 Å². The summed E-state index contributed by atoms with van der Waals surface area (Å²) in [6.07, 6.45) is 10.7. The molecule has 36 heavy (non-hydrogen) atoms. The molecule has 192 valence electrons. The van der Waals surface area contributed by atoms with Crippen molar-refractivity contribution in [2.24, 2.45) is 28.5 Å². The summed E-state index contributed by atoms with van der Waals surface area (Å²) in [5, 5.41) is 8.83. The van der Waals surface area contributed by atoms with E-state index in [9.17, 15) is 14.4 Å². The molecule has 1 aliphatic heterocycles. The Hall–Kier alpha value is -3.43. The molecule has 3 aliphatic carbocycles. The zero-order chi connectivity index (χ0) is 25.2. The maximum absolute atomic E-state index is 13.6. The number of urea groups is 1. The van der Waals surface area contributed by atoms with Gasteiger partial charge in [-0.1, -0.05) is 0 Å². The van der Waals surface area contributed by atoms with E-state index < -0.39 is 6.04 Å². The number of amides is 4. The minimum Gasteiger partial charge on any atom is -0.405 e. The van der Waals surface area contributed by atoms with Crippen LogP contribution in [0.3, 0.4) is 0 Å². The lowest BCUT2D eigenvalue weighted by Gasteiger charge is -2.27. The minimum absolute atomic E-state index is 0.0935. The van der Waals surface area contributed by atoms with E-state index in [1.807, 2.05) is 13.0 Å². The number of pyridine rings is 1. The van der Waals surface area contributed by atoms with Crippen LogP contribution >= 0.6 is 0 Å². The van der Waals surface area contributed by atoms with Gasteiger partial charge < -0.3 is 26.6 Å². The first-order chi connectivity index (χ1) is 17.4. The van der Waals surface area contributed by atoms with Crippen molar-refractivity contribution in [1.82, 2.24) is 20.5 Å². The molecule has 4 aliphatic rings. The highest BCUT2D eigenvalue weighted by atomic mass is 16.2. The number of hydrogen-bond acceptors (Lipinski definition) is 6. The van der Waals surface area contributed by atoms with Crippen molar-refractivity contribution >= 4 is 29.4 Å². The Kier molecular flexibility index (Phi) is 6.93. The Morgan fingerprint density at radius 2 is 1.97 bits per heavy atom. The Morgan fingerprint density at radius 1 is 1.25 bits per heavy atom. The number of nitrogens with zero attached hydrogens (tertiary/aromatic N) is 3. The van der Waals surface area contributed by atoms with Gasteiger partial charge in [0.25, 0.3) is 5.91 Å². The van der Waals surface area contributed by atoms with Gasteiger partial charge in [0.05, 0.1) is 6.04 Å². The van der Waals surface area contributed by atoms with E-state index in [1.54, 1.807) is 17.2 Å². The predicted octanol–water partition coefficient (Wildman–Crippen LogP) is 1.93. The molecule has 1 aromatic rings. The summed E-state index contributed by atoms with van der Waals surface area (Å²) >= 11 is 0. The number of aliphatic imine (C=N–C) groups is 1. The van der Waals surface area contributed by atoms with Crippen LogP contribution in [0.1, 0.15) is 51.0 Å². The molecule has 5 rings (SSSR count). The molecular formula is C26H35N7O3. The van der Waals surface area contributed by atoms with Crippen molar-refractivity contribution < 1.29 is 14.4 Å². The molecule has 2 heterocycles. The maximum Gasteiger partial charge on any atom is 0.318 e. The second-order valence-corrected chi connectivity index (χ2v) is 10.6. The summed E-state index contributed by atoms with van der Waals surface area (Å²) in [5.74, 6) is 0.743. The molecule has 0 aromatic carbocycles. The van der Waals surface area contributed by atoms with Crippen LogP contribution in [0.2, 0.25) is 0 Å². The lowest BCUT2D eigenvalue weighted by atomic mass is 9.88. The van der Waals surface area contributed by atoms with Gasteiger partial charge in [0, 0.05) is 25.3 Å². The summed E-state index contributed by atoms with van der Waals surface area (Å²) in [6, 6.07) is 3.11. The van der Waals surface area contributed by atoms with Crippen molar-refractivity contribution in [1.29, 1.82) is 0 Å². The molecule has 4 amide bonds. The quantitative estimate of drug-likeness (QED) is 0.349. The van der Waals surface area contributed by atoms with E-state index >= 15 is 0 Å². The number of rotatable bonds is 11. The van der Waals surface area contributed by atoms with Crippen molar-refractivity contribution in [2.75, 3.05) is 11.9 Å². The topological polar surface area (TPSA) is 142 Å². The van der Waals surface area contributed by atoms with E-state index in [0.717, 1.165) is 44.1 Å². The van der Waals surface area contributed by atoms with Crippen molar-refractivity contribution in [3.63, 3.8) is 0 Å². The average molecular weight is 494 g/mol. The highest BCUT2D eigenvalue weighted by molar-refractivity contribution is 6.43. The Labute approximate surface area is 211 Å². The lowest BCUT2D eigenvalue weighted by molar-refractivity contribution is -0.124. The maximum atomic E-state index is 13.6. The zero-order valence-electron chi connectivity index (χ0n) is 20.7. The fourth-order valence-corrected chi connectivity index (χ4v) is 5.07. The summed E-state index contributed by atoms with van der Waals surface area (Å²) in [4.78, 5) is 49.4. The molecule has 0 bridgehead atoms. The van der Waals surface area contributed by atoms with Crippen LogP contribution < -0.4 is 21.7 Å². The third-order valence-corrected chi connectivity index (χ3v) is 7.24. The Bertz CT molecular complexity index is 1060. The first-order valence-corrected chi connectivity index (χ1v) is 13.0. The zero-order valence-corrected chi connectivity index (χ0v) is 20.7. The summed E-state index contributed by atoms with van der Waals surface area (Å²) in [6.45, 7) is 3.02. The number of anilines is 1. The summed E-state index contributed by atoms with van der Waals surface area (Å²) < 4.78 is 0. The minimum atomic E-state index is -0.677. The second-order valence-electron chi connectivity index (χ2n) is 10.6. The Balaban J connectivity index is 1.31. The number of nitrogens with two attached hydrogens (primary N) is 1. The standard InChI is InChI=1S/C26H35N7O3/c1-15-13-33(26(36)29-15)14-16-9-11-28-21(12-16)31-25(35)23(22(17-2-3-17)18-4-5-18)32-24(34)20(8-10-27)30-19-6-7-19/h8-12,15,17-19,22-23H,2-7,13-14,27H2,1H3,(H,29,36)(H,32,34)(H,28,31,35)/b10-8-,30-20?. The van der Waals surface area contributed by atoms with Crippen LogP contribution in [-0.2, 0) is 16.1 Å². The van der Waals surface area contributed by atoms with E-state index in [4.69, 9.17) is 5.73 Å². The summed E-state index contributed by atoms with van der Waals surface area (Å²) in [7, 11) is 0. The molecule has 1 aromatic heterocycles. The van der Waals surface area contributed by atoms with Crippen molar-refractivity contribution in [3.8, 4) is 0 Å². The largest absolute Gasteiger partial charge is 0.405 e. The molecular weight excluding hydrogens is 458 g/mol. The van der Waals surface area contributed by atoms with Crippen molar-refractivity contribution in [2.45, 2.75) is 70.1 Å². The third kappa shape index (κ3) is 6.03. The van der Waals surface area contributed by atoms with Crippen LogP contribution in [0, 0.1) is 17.8 Å². The Morgan fingerprint density at radius 3 is 2.56 bits per heavy atom. The normalized spacial score (nSPS) is 23.2. The predicted molar refractivity (Wildman–Crippen MR) is 136 cm³/mol. The van der Waals surface area contributed by atoms with Gasteiger partial charge in [-0.15, -0.1) is 0 Å². The van der Waals surface area contributed by atoms with Gasteiger partial charge in [-0.05, 0) is 93.2 Å². The molecule has 2 unspecified atom stereocenters. The highest BCUT2D eigenvalue weighted by Gasteiger charge is 2.48. The number of aromatic nitrogens is 1. The summed E-state index contributed by atoms with van der Waals surface area (Å²) in [5.41, 5.74) is 6.70. The van der Waals surface area contributed by atoms with Gasteiger partial charge in [-0.2, -0.15) is 0 Å². The SMILES string of the molecule is CC1CN(Cc2ccnc(NC(=O)C(NC(=O)C(/C=C\N)=NC3CC3)C(C3CC3)C3CC3)c2)C(=O)N1. The molecule has 10 heteroatoms. The van der Waals surface area contributed by atoms with Gasteiger partial charge in [0.15, 0.2) is 0 Å². The molecule has 1 saturated heterocycles. The molecule has 2 atom stereocenters. The van der Waals surface area contributed by atoms with Gasteiger partial charge in [0.2, 0.25) is 5.91 Å². The van der Waals surface area contributed by atoms with Crippen LogP contribution in [0.15, 0.2) is 35.6 Å². The van der Waals surface area contributed by atoms with E-state index in [2.05, 4.69) is 25.9 Å². The third-order valence-electron chi connectivity index (χ3n) is 7.24. The van der Waals surface area contributed by atoms with Gasteiger partial charge in [-0.25, -0.2) is 9.78 Å². The van der Waals surface area contributed by atoms with Gasteiger partial charge in [-0.3, -0.25) is 14.6 Å². The first-order valence-electron chi connectivity index (χ1n) is 13.0. The van der Waals surface area contributed by atoms with Gasteiger partial charge >= 0.3 is 6.03 Å². The van der Waals surface area contributed by atoms with Crippen LogP contribution in [0.4, 0.5) is 10.6 Å². The number of hydrogen-bond donors (Lipinski definition) is 4. The highest BCUT2D eigenvalue weighted by Crippen LogP contribution is 2.50. The van der Waals surface area contributed by atoms with Gasteiger partial charge in [0.1, 0.15) is 17.6 Å². The molecule has 4 fully saturated rings. The van der Waals surface area contributed by atoms with E-state index in [0.29, 0.717) is 30.7 Å². The fraction of sp³-hybridized carbons (Fsp3) is 0.577. The lowest BCUT2D eigenvalue weighted by Crippen LogP contribution is -2.51. The molecule has 10 nitrogen and oxygen atoms in total. The van der Waals surface area contributed by atoms with Crippen molar-refractivity contribution in [3.05, 3.63) is 36.2 Å². The first kappa shape index (κ1) is 24.3. The molecule has 5 N–H and O–H groups in total. The second kappa shape index (κ2) is 10.3. The smallest absolute Gasteiger partial charge is 0.318 e. The molecule has 3 saturated carbocycles. The molecule has 0 spiro atoms. The monoisotopic (exact) mass is 493 g/mol.